The summed E-state index contributed by atoms with van der Waals surface area (Å²) in [5, 5.41) is 3.38. The van der Waals surface area contributed by atoms with Crippen LogP contribution in [0.25, 0.3) is 0 Å². The highest BCUT2D eigenvalue weighted by Crippen LogP contribution is 2.21. The molecule has 0 bridgehead atoms. The number of rotatable bonds is 2. The maximum atomic E-state index is 12.2. The third-order valence-electron chi connectivity index (χ3n) is 3.01. The summed E-state index contributed by atoms with van der Waals surface area (Å²) in [7, 11) is 0. The Morgan fingerprint density at radius 1 is 1.00 bits per heavy atom. The summed E-state index contributed by atoms with van der Waals surface area (Å²) in [6.45, 7) is 5.90. The van der Waals surface area contributed by atoms with Crippen LogP contribution in [0, 0.1) is 20.8 Å². The summed E-state index contributed by atoms with van der Waals surface area (Å²) in [4.78, 5) is 12.2. The van der Waals surface area contributed by atoms with Crippen molar-refractivity contribution in [3.05, 3.63) is 63.7 Å². The van der Waals surface area contributed by atoms with Gasteiger partial charge >= 0.3 is 0 Å². The van der Waals surface area contributed by atoms with Gasteiger partial charge in [-0.25, -0.2) is 0 Å². The van der Waals surface area contributed by atoms with Gasteiger partial charge in [0.2, 0.25) is 0 Å². The van der Waals surface area contributed by atoms with Crippen molar-refractivity contribution in [3.8, 4) is 0 Å². The molecular weight excluding hydrogens is 258 g/mol. The van der Waals surface area contributed by atoms with E-state index in [9.17, 15) is 4.79 Å². The molecule has 1 amide bonds. The zero-order valence-electron chi connectivity index (χ0n) is 11.3. The molecule has 98 valence electrons. The molecule has 0 saturated heterocycles. The van der Waals surface area contributed by atoms with Crippen LogP contribution in [-0.2, 0) is 0 Å². The van der Waals surface area contributed by atoms with E-state index < -0.39 is 0 Å². The molecule has 2 nitrogen and oxygen atoms in total. The Kier molecular flexibility index (Phi) is 3.91. The highest BCUT2D eigenvalue weighted by atomic mass is 35.5. The minimum atomic E-state index is -0.182. The van der Waals surface area contributed by atoms with Gasteiger partial charge in [-0.3, -0.25) is 4.79 Å². The van der Waals surface area contributed by atoms with E-state index in [-0.39, 0.29) is 5.91 Å². The van der Waals surface area contributed by atoms with Crippen LogP contribution in [0.5, 0.6) is 0 Å². The molecule has 0 aliphatic heterocycles. The Morgan fingerprint density at radius 3 is 2.32 bits per heavy atom. The Morgan fingerprint density at radius 2 is 1.63 bits per heavy atom. The van der Waals surface area contributed by atoms with Crippen molar-refractivity contribution < 1.29 is 4.79 Å². The first kappa shape index (κ1) is 13.6. The van der Waals surface area contributed by atoms with E-state index >= 15 is 0 Å². The maximum Gasteiger partial charge on any atom is 0.257 e. The van der Waals surface area contributed by atoms with Crippen LogP contribution in [0.1, 0.15) is 27.0 Å². The molecule has 0 atom stereocenters. The molecule has 0 aromatic heterocycles. The second-order valence-electron chi connectivity index (χ2n) is 4.76. The van der Waals surface area contributed by atoms with E-state index in [0.717, 1.165) is 22.4 Å². The Labute approximate surface area is 118 Å². The van der Waals surface area contributed by atoms with Crippen molar-refractivity contribution in [2.45, 2.75) is 20.8 Å². The molecule has 2 rings (SSSR count). The fourth-order valence-electron chi connectivity index (χ4n) is 1.86. The van der Waals surface area contributed by atoms with E-state index in [1.807, 2.05) is 45.0 Å². The summed E-state index contributed by atoms with van der Waals surface area (Å²) in [5.41, 5.74) is 4.49. The predicted molar refractivity (Wildman–Crippen MR) is 80.1 cm³/mol. The second kappa shape index (κ2) is 5.45. The van der Waals surface area contributed by atoms with E-state index in [1.54, 1.807) is 12.1 Å². The number of benzene rings is 2. The fraction of sp³-hybridized carbons (Fsp3) is 0.188. The van der Waals surface area contributed by atoms with Crippen molar-refractivity contribution in [2.75, 3.05) is 5.32 Å². The van der Waals surface area contributed by atoms with Crippen LogP contribution in [0.2, 0.25) is 5.02 Å². The molecule has 0 radical (unpaired) electrons. The average molecular weight is 274 g/mol. The number of halogens is 1. The molecular formula is C16H16ClNO. The summed E-state index contributed by atoms with van der Waals surface area (Å²) in [6.07, 6.45) is 0. The molecule has 19 heavy (non-hydrogen) atoms. The van der Waals surface area contributed by atoms with E-state index in [2.05, 4.69) is 5.32 Å². The number of carbonyl (C=O) groups excluding carboxylic acids is 1. The number of hydrogen-bond donors (Lipinski definition) is 1. The number of aryl methyl sites for hydroxylation is 3. The smallest absolute Gasteiger partial charge is 0.257 e. The van der Waals surface area contributed by atoms with E-state index in [1.165, 1.54) is 0 Å². The lowest BCUT2D eigenvalue weighted by molar-refractivity contribution is 0.102. The lowest BCUT2D eigenvalue weighted by Crippen LogP contribution is -2.13. The van der Waals surface area contributed by atoms with Crippen molar-refractivity contribution in [3.63, 3.8) is 0 Å². The van der Waals surface area contributed by atoms with Gasteiger partial charge < -0.3 is 5.32 Å². The van der Waals surface area contributed by atoms with Crippen LogP contribution in [-0.4, -0.2) is 5.91 Å². The van der Waals surface area contributed by atoms with Crippen LogP contribution in [0.15, 0.2) is 36.4 Å². The molecule has 2 aromatic carbocycles. The van der Waals surface area contributed by atoms with Gasteiger partial charge in [-0.15, -0.1) is 0 Å². The quantitative estimate of drug-likeness (QED) is 0.856. The minimum Gasteiger partial charge on any atom is -0.322 e. The molecule has 0 fully saturated rings. The third kappa shape index (κ3) is 3.15. The predicted octanol–water partition coefficient (Wildman–Crippen LogP) is 4.52. The maximum absolute atomic E-state index is 12.2. The van der Waals surface area contributed by atoms with Crippen LogP contribution in [0.4, 0.5) is 5.69 Å². The highest BCUT2D eigenvalue weighted by Gasteiger charge is 2.11. The van der Waals surface area contributed by atoms with Crippen LogP contribution in [0.3, 0.4) is 0 Å². The summed E-state index contributed by atoms with van der Waals surface area (Å²) in [6, 6.07) is 11.4. The topological polar surface area (TPSA) is 29.1 Å². The van der Waals surface area contributed by atoms with Gasteiger partial charge in [-0.1, -0.05) is 29.8 Å². The molecule has 3 heteroatoms. The zero-order chi connectivity index (χ0) is 14.0. The average Bonchev–Trinajstić information content (AvgIpc) is 2.33. The zero-order valence-corrected chi connectivity index (χ0v) is 12.0. The third-order valence-corrected chi connectivity index (χ3v) is 3.32. The number of nitrogens with one attached hydrogen (secondary N) is 1. The molecule has 1 N–H and O–H groups in total. The first-order chi connectivity index (χ1) is 8.97. The normalized spacial score (nSPS) is 10.3. The molecule has 0 spiro atoms. The number of hydrogen-bond acceptors (Lipinski definition) is 1. The Balaban J connectivity index is 2.28. The van der Waals surface area contributed by atoms with Crippen molar-refractivity contribution >= 4 is 23.2 Å². The van der Waals surface area contributed by atoms with Gasteiger partial charge in [0.25, 0.3) is 5.91 Å². The summed E-state index contributed by atoms with van der Waals surface area (Å²) >= 11 is 6.10. The standard InChI is InChI=1S/C16H16ClNO/c1-10-5-7-13(14(17)8-10)16(19)18-15-9-11(2)4-6-12(15)3/h4-9H,1-3H3,(H,18,19). The molecule has 2 aromatic rings. The first-order valence-corrected chi connectivity index (χ1v) is 6.50. The lowest BCUT2D eigenvalue weighted by atomic mass is 10.1. The van der Waals surface area contributed by atoms with Crippen LogP contribution >= 0.6 is 11.6 Å². The van der Waals surface area contributed by atoms with Gasteiger partial charge in [-0.05, 0) is 55.7 Å². The molecule has 0 aliphatic rings. The lowest BCUT2D eigenvalue weighted by Gasteiger charge is -2.10. The summed E-state index contributed by atoms with van der Waals surface area (Å²) < 4.78 is 0. The Bertz CT molecular complexity index is 635. The van der Waals surface area contributed by atoms with E-state index in [4.69, 9.17) is 11.6 Å². The number of carbonyl (C=O) groups is 1. The largest absolute Gasteiger partial charge is 0.322 e. The molecule has 0 saturated carbocycles. The van der Waals surface area contributed by atoms with Gasteiger partial charge in [0, 0.05) is 5.69 Å². The number of anilines is 1. The van der Waals surface area contributed by atoms with Gasteiger partial charge in [0.1, 0.15) is 0 Å². The minimum absolute atomic E-state index is 0.182. The van der Waals surface area contributed by atoms with E-state index in [0.29, 0.717) is 10.6 Å². The molecule has 0 unspecified atom stereocenters. The Hall–Kier alpha value is -1.80. The van der Waals surface area contributed by atoms with Crippen molar-refractivity contribution in [1.29, 1.82) is 0 Å². The monoisotopic (exact) mass is 273 g/mol. The molecule has 0 heterocycles. The second-order valence-corrected chi connectivity index (χ2v) is 5.16. The van der Waals surface area contributed by atoms with Crippen molar-refractivity contribution in [2.24, 2.45) is 0 Å². The fourth-order valence-corrected chi connectivity index (χ4v) is 2.19. The molecule has 0 aliphatic carbocycles. The van der Waals surface area contributed by atoms with Gasteiger partial charge in [-0.2, -0.15) is 0 Å². The SMILES string of the molecule is Cc1ccc(C(=O)Nc2cc(C)ccc2C)c(Cl)c1. The van der Waals surface area contributed by atoms with Crippen molar-refractivity contribution in [1.82, 2.24) is 0 Å². The van der Waals surface area contributed by atoms with Crippen LogP contribution < -0.4 is 5.32 Å². The highest BCUT2D eigenvalue weighted by molar-refractivity contribution is 6.34. The van der Waals surface area contributed by atoms with Gasteiger partial charge in [0.15, 0.2) is 0 Å². The first-order valence-electron chi connectivity index (χ1n) is 6.12. The van der Waals surface area contributed by atoms with Gasteiger partial charge in [0.05, 0.1) is 10.6 Å². The number of amides is 1. The summed E-state index contributed by atoms with van der Waals surface area (Å²) in [5.74, 6) is -0.182.